The fourth-order valence-electron chi connectivity index (χ4n) is 4.62. The van der Waals surface area contributed by atoms with Crippen molar-refractivity contribution in [1.82, 2.24) is 14.1 Å². The summed E-state index contributed by atoms with van der Waals surface area (Å²) in [5, 5.41) is 11.0. The number of carbonyl (C=O) groups excluding carboxylic acids is 1. The third-order valence-electron chi connectivity index (χ3n) is 6.66. The summed E-state index contributed by atoms with van der Waals surface area (Å²) >= 11 is 0. The van der Waals surface area contributed by atoms with E-state index in [1.807, 2.05) is 24.3 Å². The molecule has 1 fully saturated rings. The maximum atomic E-state index is 13.3. The van der Waals surface area contributed by atoms with E-state index in [1.54, 1.807) is 24.1 Å². The van der Waals surface area contributed by atoms with E-state index in [0.29, 0.717) is 36.6 Å². The fraction of sp³-hybridized carbons (Fsp3) is 0.423. The van der Waals surface area contributed by atoms with Crippen molar-refractivity contribution in [2.75, 3.05) is 60.6 Å². The van der Waals surface area contributed by atoms with Gasteiger partial charge in [-0.2, -0.15) is 0 Å². The highest BCUT2D eigenvalue weighted by Gasteiger charge is 2.40. The first-order valence-corrected chi connectivity index (χ1v) is 13.4. The minimum Gasteiger partial charge on any atom is -0.503 e. The van der Waals surface area contributed by atoms with Gasteiger partial charge >= 0.3 is 0 Å². The van der Waals surface area contributed by atoms with Crippen LogP contribution < -0.4 is 4.74 Å². The van der Waals surface area contributed by atoms with E-state index in [4.69, 9.17) is 9.47 Å². The van der Waals surface area contributed by atoms with Gasteiger partial charge in [0.05, 0.1) is 31.3 Å². The van der Waals surface area contributed by atoms with Gasteiger partial charge in [-0.15, -0.1) is 0 Å². The van der Waals surface area contributed by atoms with Crippen LogP contribution in [0, 0.1) is 0 Å². The number of ether oxygens (including phenoxy) is 2. The first kappa shape index (κ1) is 26.2. The van der Waals surface area contributed by atoms with Crippen molar-refractivity contribution in [3.8, 4) is 5.75 Å². The molecule has 2 aromatic rings. The number of sulfonamides is 1. The first-order chi connectivity index (χ1) is 17.2. The van der Waals surface area contributed by atoms with Crippen molar-refractivity contribution in [3.05, 3.63) is 65.4 Å². The molecule has 0 aliphatic carbocycles. The molecule has 0 unspecified atom stereocenters. The van der Waals surface area contributed by atoms with Crippen LogP contribution in [0.15, 0.2) is 59.2 Å². The molecule has 1 atom stereocenters. The Kier molecular flexibility index (Phi) is 7.99. The van der Waals surface area contributed by atoms with Crippen molar-refractivity contribution in [1.29, 1.82) is 0 Å². The van der Waals surface area contributed by atoms with Gasteiger partial charge in [0.2, 0.25) is 10.0 Å². The summed E-state index contributed by atoms with van der Waals surface area (Å²) in [5.74, 6) is -0.0573. The van der Waals surface area contributed by atoms with Crippen LogP contribution >= 0.6 is 0 Å². The second kappa shape index (κ2) is 11.0. The molecule has 9 nitrogen and oxygen atoms in total. The summed E-state index contributed by atoms with van der Waals surface area (Å²) in [6.45, 7) is 4.45. The Labute approximate surface area is 212 Å². The van der Waals surface area contributed by atoms with Crippen molar-refractivity contribution in [2.24, 2.45) is 0 Å². The number of rotatable bonds is 9. The number of hydrogen-bond acceptors (Lipinski definition) is 7. The van der Waals surface area contributed by atoms with Crippen LogP contribution in [0.2, 0.25) is 0 Å². The molecule has 0 aromatic heterocycles. The Balaban J connectivity index is 1.64. The molecule has 1 amide bonds. The Morgan fingerprint density at radius 1 is 1.03 bits per heavy atom. The molecule has 2 heterocycles. The normalized spacial score (nSPS) is 19.4. The molecule has 2 aliphatic rings. The van der Waals surface area contributed by atoms with Crippen molar-refractivity contribution in [3.63, 3.8) is 0 Å². The molecule has 194 valence electrons. The molecule has 0 saturated carbocycles. The summed E-state index contributed by atoms with van der Waals surface area (Å²) in [7, 11) is 0.939. The number of nitrogens with zero attached hydrogens (tertiary/aromatic N) is 3. The Morgan fingerprint density at radius 3 is 2.25 bits per heavy atom. The van der Waals surface area contributed by atoms with E-state index in [9.17, 15) is 18.3 Å². The molecular formula is C26H33N3O6S. The van der Waals surface area contributed by atoms with Gasteiger partial charge in [0.25, 0.3) is 5.91 Å². The lowest BCUT2D eigenvalue weighted by atomic mass is 9.93. The number of aliphatic hydroxyl groups excluding tert-OH is 1. The van der Waals surface area contributed by atoms with Gasteiger partial charge in [0.15, 0.2) is 5.76 Å². The third kappa shape index (κ3) is 5.27. The van der Waals surface area contributed by atoms with Gasteiger partial charge in [-0.3, -0.25) is 9.69 Å². The molecule has 36 heavy (non-hydrogen) atoms. The Hall–Kier alpha value is -2.92. The van der Waals surface area contributed by atoms with Crippen LogP contribution in [-0.2, 0) is 19.6 Å². The largest absolute Gasteiger partial charge is 0.503 e. The smallest absolute Gasteiger partial charge is 0.289 e. The van der Waals surface area contributed by atoms with E-state index < -0.39 is 22.0 Å². The van der Waals surface area contributed by atoms with Crippen LogP contribution in [0.3, 0.4) is 0 Å². The molecule has 0 radical (unpaired) electrons. The average Bonchev–Trinajstić information content (AvgIpc) is 3.14. The van der Waals surface area contributed by atoms with E-state index in [1.165, 1.54) is 26.2 Å². The molecule has 0 spiro atoms. The van der Waals surface area contributed by atoms with Crippen LogP contribution in [0.4, 0.5) is 0 Å². The lowest BCUT2D eigenvalue weighted by Gasteiger charge is -2.30. The Morgan fingerprint density at radius 2 is 1.67 bits per heavy atom. The molecule has 2 aliphatic heterocycles. The zero-order valence-corrected chi connectivity index (χ0v) is 21.7. The van der Waals surface area contributed by atoms with Gasteiger partial charge < -0.3 is 19.5 Å². The van der Waals surface area contributed by atoms with Gasteiger partial charge in [0, 0.05) is 45.8 Å². The van der Waals surface area contributed by atoms with Gasteiger partial charge in [-0.05, 0) is 41.8 Å². The number of benzene rings is 2. The quantitative estimate of drug-likeness (QED) is 0.548. The van der Waals surface area contributed by atoms with Crippen LogP contribution in [0.5, 0.6) is 5.75 Å². The molecule has 4 rings (SSSR count). The zero-order chi connectivity index (χ0) is 25.9. The molecule has 0 bridgehead atoms. The van der Waals surface area contributed by atoms with Crippen LogP contribution in [0.1, 0.15) is 23.6 Å². The van der Waals surface area contributed by atoms with Gasteiger partial charge in [-0.1, -0.05) is 24.3 Å². The maximum absolute atomic E-state index is 13.3. The monoisotopic (exact) mass is 515 g/mol. The van der Waals surface area contributed by atoms with Crippen LogP contribution in [0.25, 0.3) is 5.57 Å². The van der Waals surface area contributed by atoms with Crippen molar-refractivity contribution >= 4 is 21.5 Å². The van der Waals surface area contributed by atoms with Gasteiger partial charge in [0.1, 0.15) is 5.75 Å². The average molecular weight is 516 g/mol. The lowest BCUT2D eigenvalue weighted by Crippen LogP contribution is -2.39. The second-order valence-electron chi connectivity index (χ2n) is 9.06. The van der Waals surface area contributed by atoms with Crippen molar-refractivity contribution < 1.29 is 27.8 Å². The minimum absolute atomic E-state index is 0.143. The van der Waals surface area contributed by atoms with Gasteiger partial charge in [-0.25, -0.2) is 12.7 Å². The summed E-state index contributed by atoms with van der Waals surface area (Å²) in [6.07, 6.45) is 0.749. The summed E-state index contributed by atoms with van der Waals surface area (Å²) < 4.78 is 36.9. The molecule has 2 aromatic carbocycles. The highest BCUT2D eigenvalue weighted by molar-refractivity contribution is 7.89. The van der Waals surface area contributed by atoms with E-state index in [-0.39, 0.29) is 10.7 Å². The molecule has 1 saturated heterocycles. The predicted molar refractivity (Wildman–Crippen MR) is 136 cm³/mol. The minimum atomic E-state index is -3.60. The highest BCUT2D eigenvalue weighted by atomic mass is 32.2. The van der Waals surface area contributed by atoms with Crippen LogP contribution in [-0.4, -0.2) is 94.1 Å². The number of hydrogen-bond donors (Lipinski definition) is 1. The molecule has 1 N–H and O–H groups in total. The highest BCUT2D eigenvalue weighted by Crippen LogP contribution is 2.43. The number of morpholine rings is 1. The summed E-state index contributed by atoms with van der Waals surface area (Å²) in [6, 6.07) is 13.2. The maximum Gasteiger partial charge on any atom is 0.289 e. The topological polar surface area (TPSA) is 99.6 Å². The van der Waals surface area contributed by atoms with E-state index in [2.05, 4.69) is 4.90 Å². The number of amides is 1. The fourth-order valence-corrected chi connectivity index (χ4v) is 5.52. The predicted octanol–water partition coefficient (Wildman–Crippen LogP) is 2.52. The van der Waals surface area contributed by atoms with E-state index >= 15 is 0 Å². The number of methoxy groups -OCH3 is 1. The zero-order valence-electron chi connectivity index (χ0n) is 20.9. The Bertz CT molecular complexity index is 1200. The first-order valence-electron chi connectivity index (χ1n) is 11.9. The standard InChI is InChI=1S/C26H33N3O6S/c1-27(2)36(32,33)22-11-7-19(8-12-22)23-24(20-5-9-21(34-3)10-6-20)29(26(31)25(23)30)14-4-13-28-15-17-35-18-16-28/h5-12,24,30H,4,13-18H2,1-3H3/t24-/m1/s1. The molecule has 10 heteroatoms. The number of aliphatic hydroxyl groups is 1. The second-order valence-corrected chi connectivity index (χ2v) is 11.2. The lowest BCUT2D eigenvalue weighted by molar-refractivity contribution is -0.129. The summed E-state index contributed by atoms with van der Waals surface area (Å²) in [5.41, 5.74) is 1.89. The summed E-state index contributed by atoms with van der Waals surface area (Å²) in [4.78, 5) is 17.4. The SMILES string of the molecule is COc1ccc([C@@H]2C(c3ccc(S(=O)(=O)N(C)C)cc3)=C(O)C(=O)N2CCCN2CCOCC2)cc1. The van der Waals surface area contributed by atoms with E-state index in [0.717, 1.165) is 35.9 Å². The third-order valence-corrected chi connectivity index (χ3v) is 8.49. The number of carbonyl (C=O) groups is 1. The van der Waals surface area contributed by atoms with Crippen molar-refractivity contribution in [2.45, 2.75) is 17.4 Å². The molecular weight excluding hydrogens is 482 g/mol.